The molecule has 3 rings (SSSR count). The van der Waals surface area contributed by atoms with Crippen LogP contribution in [0.15, 0.2) is 48.5 Å². The smallest absolute Gasteiger partial charge is 0.320 e. The van der Waals surface area contributed by atoms with Gasteiger partial charge in [0, 0.05) is 42.1 Å². The molecule has 1 fully saturated rings. The molecular weight excluding hydrogens is 387 g/mol. The van der Waals surface area contributed by atoms with E-state index < -0.39 is 5.97 Å². The van der Waals surface area contributed by atoms with E-state index in [1.807, 2.05) is 30.3 Å². The summed E-state index contributed by atoms with van der Waals surface area (Å²) in [6.07, 6.45) is 0.0173. The molecule has 142 valence electrons. The van der Waals surface area contributed by atoms with Crippen molar-refractivity contribution in [3.8, 4) is 0 Å². The van der Waals surface area contributed by atoms with Crippen LogP contribution in [0.2, 0.25) is 10.0 Å². The number of aliphatic carboxylic acids is 1. The normalized spacial score (nSPS) is 17.3. The lowest BCUT2D eigenvalue weighted by Crippen LogP contribution is -2.52. The molecule has 0 bridgehead atoms. The number of benzene rings is 2. The van der Waals surface area contributed by atoms with Crippen LogP contribution in [0.3, 0.4) is 0 Å². The molecule has 0 saturated carbocycles. The van der Waals surface area contributed by atoms with Crippen LogP contribution in [0.1, 0.15) is 17.5 Å². The summed E-state index contributed by atoms with van der Waals surface area (Å²) in [6.45, 7) is 1.57. The van der Waals surface area contributed by atoms with Crippen molar-refractivity contribution < 1.29 is 14.7 Å². The molecule has 0 aliphatic carbocycles. The monoisotopic (exact) mass is 406 g/mol. The number of nitrogens with zero attached hydrogens (tertiary/aromatic N) is 2. The molecule has 1 aliphatic rings. The van der Waals surface area contributed by atoms with Crippen molar-refractivity contribution in [2.45, 2.75) is 19.5 Å². The Balaban J connectivity index is 1.80. The third kappa shape index (κ3) is 5.15. The molecule has 2 aromatic carbocycles. The quantitative estimate of drug-likeness (QED) is 0.766. The van der Waals surface area contributed by atoms with Gasteiger partial charge in [0.25, 0.3) is 0 Å². The number of hydrogen-bond acceptors (Lipinski definition) is 2. The molecule has 1 N–H and O–H groups in total. The lowest BCUT2D eigenvalue weighted by Gasteiger charge is -2.40. The van der Waals surface area contributed by atoms with Crippen molar-refractivity contribution in [3.05, 3.63) is 69.7 Å². The van der Waals surface area contributed by atoms with Crippen LogP contribution in [0, 0.1) is 5.92 Å². The molecule has 0 radical (unpaired) electrons. The SMILES string of the molecule is O=C(O)CC1CN(Cc2ccccc2)C(=O)N(Cc2ccc(Cl)cc2Cl)C1. The second kappa shape index (κ2) is 8.63. The van der Waals surface area contributed by atoms with Gasteiger partial charge in [0.15, 0.2) is 0 Å². The van der Waals surface area contributed by atoms with Crippen LogP contribution < -0.4 is 0 Å². The van der Waals surface area contributed by atoms with E-state index in [-0.39, 0.29) is 18.4 Å². The standard InChI is InChI=1S/C20H20Cl2N2O3/c21-17-7-6-16(18(22)9-17)13-24-12-15(8-19(25)26)11-23(20(24)27)10-14-4-2-1-3-5-14/h1-7,9,15H,8,10-13H2,(H,25,26). The second-order valence-corrected chi connectivity index (χ2v) is 7.57. The van der Waals surface area contributed by atoms with Crippen LogP contribution in [0.25, 0.3) is 0 Å². The summed E-state index contributed by atoms with van der Waals surface area (Å²) < 4.78 is 0. The zero-order chi connectivity index (χ0) is 19.4. The molecular formula is C20H20Cl2N2O3. The molecule has 1 aliphatic heterocycles. The van der Waals surface area contributed by atoms with Gasteiger partial charge in [-0.3, -0.25) is 4.79 Å². The zero-order valence-corrected chi connectivity index (χ0v) is 16.2. The Morgan fingerprint density at radius 3 is 2.33 bits per heavy atom. The highest BCUT2D eigenvalue weighted by atomic mass is 35.5. The van der Waals surface area contributed by atoms with Gasteiger partial charge in [0.2, 0.25) is 0 Å². The highest BCUT2D eigenvalue weighted by Gasteiger charge is 2.33. The molecule has 1 unspecified atom stereocenters. The van der Waals surface area contributed by atoms with Gasteiger partial charge >= 0.3 is 12.0 Å². The van der Waals surface area contributed by atoms with Crippen molar-refractivity contribution in [3.63, 3.8) is 0 Å². The zero-order valence-electron chi connectivity index (χ0n) is 14.6. The summed E-state index contributed by atoms with van der Waals surface area (Å²) >= 11 is 12.2. The van der Waals surface area contributed by atoms with Gasteiger partial charge in [-0.2, -0.15) is 0 Å². The predicted molar refractivity (Wildman–Crippen MR) is 105 cm³/mol. The van der Waals surface area contributed by atoms with Crippen LogP contribution in [0.5, 0.6) is 0 Å². The molecule has 2 aromatic rings. The molecule has 27 heavy (non-hydrogen) atoms. The third-order valence-electron chi connectivity index (χ3n) is 4.55. The van der Waals surface area contributed by atoms with E-state index in [2.05, 4.69) is 0 Å². The number of urea groups is 1. The number of halogens is 2. The summed E-state index contributed by atoms with van der Waals surface area (Å²) in [5.41, 5.74) is 1.79. The fourth-order valence-corrected chi connectivity index (χ4v) is 3.81. The Bertz CT molecular complexity index is 829. The molecule has 7 heteroatoms. The Labute approximate surface area is 168 Å². The van der Waals surface area contributed by atoms with Crippen molar-refractivity contribution in [1.82, 2.24) is 9.80 Å². The minimum atomic E-state index is -0.863. The third-order valence-corrected chi connectivity index (χ3v) is 5.14. The van der Waals surface area contributed by atoms with Crippen molar-refractivity contribution >= 4 is 35.2 Å². The topological polar surface area (TPSA) is 60.9 Å². The number of carboxylic acid groups (broad SMARTS) is 1. The van der Waals surface area contributed by atoms with Gasteiger partial charge in [-0.25, -0.2) is 4.79 Å². The largest absolute Gasteiger partial charge is 0.481 e. The van der Waals surface area contributed by atoms with Crippen molar-refractivity contribution in [2.75, 3.05) is 13.1 Å². The Kier molecular flexibility index (Phi) is 6.24. The average molecular weight is 407 g/mol. The van der Waals surface area contributed by atoms with Crippen LogP contribution >= 0.6 is 23.2 Å². The molecule has 0 spiro atoms. The van der Waals surface area contributed by atoms with E-state index in [1.165, 1.54) is 0 Å². The summed E-state index contributed by atoms with van der Waals surface area (Å²) in [5.74, 6) is -1.01. The van der Waals surface area contributed by atoms with E-state index in [0.29, 0.717) is 36.2 Å². The van der Waals surface area contributed by atoms with Gasteiger partial charge in [0.1, 0.15) is 0 Å². The van der Waals surface area contributed by atoms with Crippen LogP contribution in [0.4, 0.5) is 4.79 Å². The number of hydrogen-bond donors (Lipinski definition) is 1. The summed E-state index contributed by atoms with van der Waals surface area (Å²) in [5, 5.41) is 10.2. The molecule has 2 amide bonds. The Morgan fingerprint density at radius 1 is 1.04 bits per heavy atom. The van der Waals surface area contributed by atoms with Gasteiger partial charge in [-0.15, -0.1) is 0 Å². The Hall–Kier alpha value is -2.24. The van der Waals surface area contributed by atoms with Gasteiger partial charge in [-0.1, -0.05) is 59.6 Å². The Morgan fingerprint density at radius 2 is 1.70 bits per heavy atom. The van der Waals surface area contributed by atoms with Crippen molar-refractivity contribution in [1.29, 1.82) is 0 Å². The van der Waals surface area contributed by atoms with Gasteiger partial charge in [0.05, 0.1) is 6.42 Å². The molecule has 1 saturated heterocycles. The highest BCUT2D eigenvalue weighted by Crippen LogP contribution is 2.26. The summed E-state index contributed by atoms with van der Waals surface area (Å²) in [6, 6.07) is 14.7. The fourth-order valence-electron chi connectivity index (χ4n) is 3.34. The maximum absolute atomic E-state index is 13.0. The van der Waals surface area contributed by atoms with E-state index in [0.717, 1.165) is 11.1 Å². The number of amides is 2. The first-order valence-corrected chi connectivity index (χ1v) is 9.41. The molecule has 0 aromatic heterocycles. The number of carbonyl (C=O) groups excluding carboxylic acids is 1. The number of carbonyl (C=O) groups is 2. The lowest BCUT2D eigenvalue weighted by atomic mass is 10.0. The van der Waals surface area contributed by atoms with Crippen LogP contribution in [-0.2, 0) is 17.9 Å². The molecule has 1 atom stereocenters. The predicted octanol–water partition coefficient (Wildman–Crippen LogP) is 4.52. The maximum atomic E-state index is 13.0. The first-order valence-electron chi connectivity index (χ1n) is 8.66. The summed E-state index contributed by atoms with van der Waals surface area (Å²) in [4.78, 5) is 27.6. The van der Waals surface area contributed by atoms with E-state index in [1.54, 1.807) is 28.0 Å². The fraction of sp³-hybridized carbons (Fsp3) is 0.300. The van der Waals surface area contributed by atoms with E-state index >= 15 is 0 Å². The minimum Gasteiger partial charge on any atom is -0.481 e. The van der Waals surface area contributed by atoms with Crippen molar-refractivity contribution in [2.24, 2.45) is 5.92 Å². The maximum Gasteiger partial charge on any atom is 0.320 e. The highest BCUT2D eigenvalue weighted by molar-refractivity contribution is 6.35. The van der Waals surface area contributed by atoms with Crippen LogP contribution in [-0.4, -0.2) is 40.0 Å². The summed E-state index contributed by atoms with van der Waals surface area (Å²) in [7, 11) is 0. The van der Waals surface area contributed by atoms with E-state index in [4.69, 9.17) is 23.2 Å². The first kappa shape index (κ1) is 19.5. The number of rotatable bonds is 6. The lowest BCUT2D eigenvalue weighted by molar-refractivity contribution is -0.138. The first-order chi connectivity index (χ1) is 12.9. The molecule has 5 nitrogen and oxygen atoms in total. The average Bonchev–Trinajstić information content (AvgIpc) is 2.61. The second-order valence-electron chi connectivity index (χ2n) is 6.73. The minimum absolute atomic E-state index is 0.0173. The van der Waals surface area contributed by atoms with Gasteiger partial charge < -0.3 is 14.9 Å². The molecule has 1 heterocycles. The van der Waals surface area contributed by atoms with Gasteiger partial charge in [-0.05, 0) is 23.3 Å². The number of carboxylic acids is 1. The van der Waals surface area contributed by atoms with E-state index in [9.17, 15) is 14.7 Å².